The van der Waals surface area contributed by atoms with E-state index >= 15 is 0 Å². The smallest absolute Gasteiger partial charge is 0.249 e. The van der Waals surface area contributed by atoms with Gasteiger partial charge in [0.15, 0.2) is 6.29 Å². The lowest BCUT2D eigenvalue weighted by molar-refractivity contribution is -0.302. The lowest BCUT2D eigenvalue weighted by atomic mass is 9.99. The molecule has 0 aromatic carbocycles. The normalized spacial score (nSPS) is 22.4. The molecule has 1 aliphatic rings. The van der Waals surface area contributed by atoms with Crippen LogP contribution in [0.25, 0.3) is 0 Å². The summed E-state index contributed by atoms with van der Waals surface area (Å²) in [7, 11) is 0. The molecular weight excluding hydrogens is 686 g/mol. The van der Waals surface area contributed by atoms with Gasteiger partial charge in [-0.1, -0.05) is 166 Å². The minimum Gasteiger partial charge on any atom is -0.394 e. The first-order chi connectivity index (χ1) is 26.3. The van der Waals surface area contributed by atoms with E-state index in [0.29, 0.717) is 19.3 Å². The first-order valence-electron chi connectivity index (χ1n) is 21.8. The molecule has 1 aliphatic heterocycles. The van der Waals surface area contributed by atoms with Gasteiger partial charge in [-0.25, -0.2) is 0 Å². The number of hydrogen-bond donors (Lipinski definition) is 7. The molecule has 8 unspecified atom stereocenters. The molecule has 1 saturated heterocycles. The van der Waals surface area contributed by atoms with E-state index in [1.54, 1.807) is 6.08 Å². The molecule has 1 fully saturated rings. The molecule has 1 amide bonds. The van der Waals surface area contributed by atoms with Crippen LogP contribution in [-0.4, -0.2) is 98.7 Å². The van der Waals surface area contributed by atoms with Crippen molar-refractivity contribution in [1.29, 1.82) is 0 Å². The predicted molar refractivity (Wildman–Crippen MR) is 218 cm³/mol. The van der Waals surface area contributed by atoms with E-state index in [4.69, 9.17) is 9.47 Å². The van der Waals surface area contributed by atoms with E-state index in [1.807, 2.05) is 6.08 Å². The summed E-state index contributed by atoms with van der Waals surface area (Å²) >= 11 is 0. The third-order valence-electron chi connectivity index (χ3n) is 10.3. The van der Waals surface area contributed by atoms with Crippen LogP contribution in [0.2, 0.25) is 0 Å². The summed E-state index contributed by atoms with van der Waals surface area (Å²) < 4.78 is 11.1. The van der Waals surface area contributed by atoms with Gasteiger partial charge in [0.2, 0.25) is 5.91 Å². The monoisotopic (exact) mass is 768 g/mol. The molecule has 0 bridgehead atoms. The number of aliphatic hydroxyl groups is 6. The lowest BCUT2D eigenvalue weighted by Crippen LogP contribution is -2.60. The molecule has 0 saturated carbocycles. The van der Waals surface area contributed by atoms with Gasteiger partial charge in [-0.3, -0.25) is 4.79 Å². The Kier molecular flexibility index (Phi) is 32.3. The standard InChI is InChI=1S/C44H81NO9/c1-3-5-7-9-11-13-15-17-18-19-21-22-24-26-28-30-32-37(47)36(35-53-44-42(51)41(50)40(49)39(34-46)54-44)45-43(52)38(48)33-31-29-27-25-23-20-16-14-12-10-8-6-4-2/h17-18,22,24,30,32,36-42,44,46-51H,3-16,19-21,23,25-29,31,33-35H2,1-2H3,(H,45,52)/b18-17+,24-22+,32-30+. The summed E-state index contributed by atoms with van der Waals surface area (Å²) in [5.74, 6) is -0.632. The molecule has 8 atom stereocenters. The molecule has 0 aromatic rings. The highest BCUT2D eigenvalue weighted by Gasteiger charge is 2.44. The number of carbonyl (C=O) groups is 1. The maximum absolute atomic E-state index is 13.0. The molecule has 54 heavy (non-hydrogen) atoms. The topological polar surface area (TPSA) is 169 Å². The average Bonchev–Trinajstić information content (AvgIpc) is 3.17. The van der Waals surface area contributed by atoms with Crippen molar-refractivity contribution in [2.24, 2.45) is 0 Å². The number of ether oxygens (including phenoxy) is 2. The minimum absolute atomic E-state index is 0.303. The summed E-state index contributed by atoms with van der Waals surface area (Å²) in [6, 6.07) is -0.999. The maximum atomic E-state index is 13.0. The van der Waals surface area contributed by atoms with Gasteiger partial charge in [0.25, 0.3) is 0 Å². The van der Waals surface area contributed by atoms with Crippen LogP contribution >= 0.6 is 0 Å². The van der Waals surface area contributed by atoms with Crippen LogP contribution in [0, 0.1) is 0 Å². The van der Waals surface area contributed by atoms with Gasteiger partial charge >= 0.3 is 0 Å². The fourth-order valence-corrected chi connectivity index (χ4v) is 6.66. The minimum atomic E-state index is -1.62. The van der Waals surface area contributed by atoms with E-state index in [1.165, 1.54) is 96.3 Å². The van der Waals surface area contributed by atoms with E-state index in [9.17, 15) is 35.4 Å². The Hall–Kier alpha value is -1.63. The van der Waals surface area contributed by atoms with Crippen LogP contribution in [0.15, 0.2) is 36.5 Å². The zero-order chi connectivity index (χ0) is 39.7. The van der Waals surface area contributed by atoms with Crippen molar-refractivity contribution in [3.63, 3.8) is 0 Å². The highest BCUT2D eigenvalue weighted by atomic mass is 16.7. The van der Waals surface area contributed by atoms with Crippen LogP contribution in [0.5, 0.6) is 0 Å². The number of amides is 1. The summed E-state index contributed by atoms with van der Waals surface area (Å²) in [4.78, 5) is 13.0. The Labute approximate surface area is 328 Å². The van der Waals surface area contributed by atoms with Gasteiger partial charge < -0.3 is 45.4 Å². The number of unbranched alkanes of at least 4 members (excludes halogenated alkanes) is 20. The van der Waals surface area contributed by atoms with Crippen molar-refractivity contribution in [1.82, 2.24) is 5.32 Å². The number of hydrogen-bond acceptors (Lipinski definition) is 9. The lowest BCUT2D eigenvalue weighted by Gasteiger charge is -2.40. The highest BCUT2D eigenvalue weighted by Crippen LogP contribution is 2.22. The van der Waals surface area contributed by atoms with E-state index in [0.717, 1.165) is 44.9 Å². The quantitative estimate of drug-likeness (QED) is 0.0256. The van der Waals surface area contributed by atoms with Gasteiger partial charge in [-0.05, 0) is 44.9 Å². The molecule has 0 radical (unpaired) electrons. The number of rotatable bonds is 35. The Balaban J connectivity index is 2.50. The summed E-state index contributed by atoms with van der Waals surface area (Å²) in [6.45, 7) is 3.55. The molecule has 10 nitrogen and oxygen atoms in total. The number of nitrogens with one attached hydrogen (secondary N) is 1. The molecule has 0 spiro atoms. The van der Waals surface area contributed by atoms with Crippen LogP contribution in [0.3, 0.4) is 0 Å². The number of allylic oxidation sites excluding steroid dienone is 5. The molecule has 0 aromatic heterocycles. The van der Waals surface area contributed by atoms with Crippen molar-refractivity contribution in [3.05, 3.63) is 36.5 Å². The van der Waals surface area contributed by atoms with Crippen molar-refractivity contribution in [2.75, 3.05) is 13.2 Å². The SMILES string of the molecule is CCCCCCCC/C=C/CC/C=C/CC/C=C/C(O)C(COC1OC(CO)C(O)C(O)C1O)NC(=O)C(O)CCCCCCCCCCCCCCC. The number of aliphatic hydroxyl groups excluding tert-OH is 6. The maximum Gasteiger partial charge on any atom is 0.249 e. The summed E-state index contributed by atoms with van der Waals surface area (Å²) in [5, 5.41) is 64.5. The second-order valence-electron chi connectivity index (χ2n) is 15.3. The van der Waals surface area contributed by atoms with E-state index < -0.39 is 61.5 Å². The van der Waals surface area contributed by atoms with Crippen molar-refractivity contribution < 1.29 is 44.9 Å². The molecule has 0 aliphatic carbocycles. The summed E-state index contributed by atoms with van der Waals surface area (Å²) in [6.07, 6.45) is 30.9. The highest BCUT2D eigenvalue weighted by molar-refractivity contribution is 5.80. The van der Waals surface area contributed by atoms with Crippen molar-refractivity contribution in [2.45, 2.75) is 223 Å². The second-order valence-corrected chi connectivity index (χ2v) is 15.3. The molecular formula is C44H81NO9. The Morgan fingerprint density at radius 1 is 0.630 bits per heavy atom. The zero-order valence-corrected chi connectivity index (χ0v) is 34.1. The molecule has 10 heteroatoms. The van der Waals surface area contributed by atoms with Crippen molar-refractivity contribution >= 4 is 5.91 Å². The van der Waals surface area contributed by atoms with Gasteiger partial charge in [0, 0.05) is 0 Å². The van der Waals surface area contributed by atoms with E-state index in [-0.39, 0.29) is 6.61 Å². The first kappa shape index (κ1) is 50.4. The van der Waals surface area contributed by atoms with E-state index in [2.05, 4.69) is 43.5 Å². The van der Waals surface area contributed by atoms with Crippen LogP contribution in [-0.2, 0) is 14.3 Å². The van der Waals surface area contributed by atoms with Gasteiger partial charge in [0.05, 0.1) is 25.4 Å². The van der Waals surface area contributed by atoms with Gasteiger partial charge in [-0.15, -0.1) is 0 Å². The first-order valence-corrected chi connectivity index (χ1v) is 21.8. The van der Waals surface area contributed by atoms with Crippen molar-refractivity contribution in [3.8, 4) is 0 Å². The Morgan fingerprint density at radius 3 is 1.61 bits per heavy atom. The molecule has 1 heterocycles. The third-order valence-corrected chi connectivity index (χ3v) is 10.3. The predicted octanol–water partition coefficient (Wildman–Crippen LogP) is 7.47. The van der Waals surface area contributed by atoms with Crippen LogP contribution in [0.4, 0.5) is 0 Å². The average molecular weight is 768 g/mol. The fraction of sp³-hybridized carbons (Fsp3) is 0.841. The second kappa shape index (κ2) is 34.6. The number of carbonyl (C=O) groups excluding carboxylic acids is 1. The fourth-order valence-electron chi connectivity index (χ4n) is 6.66. The summed E-state index contributed by atoms with van der Waals surface area (Å²) in [5.41, 5.74) is 0. The Morgan fingerprint density at radius 2 is 1.09 bits per heavy atom. The molecule has 7 N–H and O–H groups in total. The third kappa shape index (κ3) is 24.8. The molecule has 316 valence electrons. The van der Waals surface area contributed by atoms with Gasteiger partial charge in [-0.2, -0.15) is 0 Å². The Bertz CT molecular complexity index is 958. The largest absolute Gasteiger partial charge is 0.394 e. The molecule has 1 rings (SSSR count). The zero-order valence-electron chi connectivity index (χ0n) is 34.1. The van der Waals surface area contributed by atoms with Gasteiger partial charge in [0.1, 0.15) is 30.5 Å². The van der Waals surface area contributed by atoms with Crippen LogP contribution in [0.1, 0.15) is 174 Å². The van der Waals surface area contributed by atoms with Crippen LogP contribution < -0.4 is 5.32 Å².